The van der Waals surface area contributed by atoms with Gasteiger partial charge in [0, 0.05) is 12.6 Å². The van der Waals surface area contributed by atoms with Crippen LogP contribution in [0.5, 0.6) is 5.88 Å². The molecule has 0 amide bonds. The molecule has 1 heterocycles. The van der Waals surface area contributed by atoms with E-state index in [1.165, 1.54) is 25.3 Å². The molecule has 0 radical (unpaired) electrons. The number of hydrogen-bond donors (Lipinski definition) is 1. The second-order valence-electron chi connectivity index (χ2n) is 3.52. The van der Waals surface area contributed by atoms with Crippen molar-refractivity contribution in [1.82, 2.24) is 9.29 Å². The first kappa shape index (κ1) is 15.1. The molecule has 0 aliphatic carbocycles. The van der Waals surface area contributed by atoms with Gasteiger partial charge in [-0.3, -0.25) is 4.79 Å². The molecule has 0 saturated carbocycles. The fraction of sp³-hybridized carbons (Fsp3) is 0.273. The van der Waals surface area contributed by atoms with E-state index in [0.29, 0.717) is 0 Å². The van der Waals surface area contributed by atoms with Crippen molar-refractivity contribution >= 4 is 16.0 Å². The van der Waals surface area contributed by atoms with Gasteiger partial charge in [0.15, 0.2) is 0 Å². The molecule has 0 fully saturated rings. The molecule has 0 unspecified atom stereocenters. The molecule has 8 heteroatoms. The SMILES string of the molecule is C=CCN(CC(=O)O)S(=O)(=O)c1ccc(OC)nc1. The predicted octanol–water partition coefficient (Wildman–Crippen LogP) is 0.351. The second kappa shape index (κ2) is 6.30. The van der Waals surface area contributed by atoms with Crippen LogP contribution >= 0.6 is 0 Å². The van der Waals surface area contributed by atoms with Crippen molar-refractivity contribution in [2.75, 3.05) is 20.2 Å². The van der Waals surface area contributed by atoms with E-state index in [1.54, 1.807) is 0 Å². The number of rotatable bonds is 7. The van der Waals surface area contributed by atoms with Gasteiger partial charge in [0.25, 0.3) is 0 Å². The Morgan fingerprint density at radius 2 is 2.26 bits per heavy atom. The van der Waals surface area contributed by atoms with Crippen LogP contribution in [0.3, 0.4) is 0 Å². The second-order valence-corrected chi connectivity index (χ2v) is 5.45. The summed E-state index contributed by atoms with van der Waals surface area (Å²) in [5.74, 6) is -0.973. The highest BCUT2D eigenvalue weighted by Crippen LogP contribution is 2.16. The summed E-state index contributed by atoms with van der Waals surface area (Å²) in [4.78, 5) is 14.4. The lowest BCUT2D eigenvalue weighted by Crippen LogP contribution is -2.35. The van der Waals surface area contributed by atoms with Crippen LogP contribution in [0.1, 0.15) is 0 Å². The maximum Gasteiger partial charge on any atom is 0.318 e. The molecule has 0 aliphatic rings. The summed E-state index contributed by atoms with van der Waals surface area (Å²) in [5, 5.41) is 8.73. The number of aromatic nitrogens is 1. The molecule has 0 aromatic carbocycles. The van der Waals surface area contributed by atoms with Crippen LogP contribution in [-0.4, -0.2) is 49.0 Å². The topological polar surface area (TPSA) is 96.8 Å². The average Bonchev–Trinajstić information content (AvgIpc) is 2.38. The first-order chi connectivity index (χ1) is 8.91. The summed E-state index contributed by atoms with van der Waals surface area (Å²) in [7, 11) is -2.51. The number of ether oxygens (including phenoxy) is 1. The van der Waals surface area contributed by atoms with Crippen molar-refractivity contribution in [2.24, 2.45) is 0 Å². The van der Waals surface area contributed by atoms with Crippen molar-refractivity contribution in [3.05, 3.63) is 31.0 Å². The molecule has 0 bridgehead atoms. The molecule has 0 aliphatic heterocycles. The van der Waals surface area contributed by atoms with E-state index in [1.807, 2.05) is 0 Å². The molecular formula is C11H14N2O5S. The zero-order chi connectivity index (χ0) is 14.5. The molecule has 1 aromatic heterocycles. The number of sulfonamides is 1. The standard InChI is InChI=1S/C11H14N2O5S/c1-3-6-13(8-11(14)15)19(16,17)9-4-5-10(18-2)12-7-9/h3-5,7H,1,6,8H2,2H3,(H,14,15). The van der Waals surface area contributed by atoms with Gasteiger partial charge in [0.2, 0.25) is 15.9 Å². The van der Waals surface area contributed by atoms with Crippen LogP contribution in [0, 0.1) is 0 Å². The Hall–Kier alpha value is -1.93. The third kappa shape index (κ3) is 3.76. The Balaban J connectivity index is 3.10. The van der Waals surface area contributed by atoms with Crippen LogP contribution in [0.4, 0.5) is 0 Å². The van der Waals surface area contributed by atoms with E-state index in [9.17, 15) is 13.2 Å². The van der Waals surface area contributed by atoms with Crippen LogP contribution in [-0.2, 0) is 14.8 Å². The quantitative estimate of drug-likeness (QED) is 0.726. The van der Waals surface area contributed by atoms with E-state index in [-0.39, 0.29) is 17.3 Å². The van der Waals surface area contributed by atoms with Crippen LogP contribution in [0.2, 0.25) is 0 Å². The van der Waals surface area contributed by atoms with Crippen molar-refractivity contribution in [2.45, 2.75) is 4.90 Å². The van der Waals surface area contributed by atoms with Gasteiger partial charge in [-0.2, -0.15) is 4.31 Å². The molecule has 0 saturated heterocycles. The highest BCUT2D eigenvalue weighted by Gasteiger charge is 2.25. The molecule has 104 valence electrons. The maximum absolute atomic E-state index is 12.2. The predicted molar refractivity (Wildman–Crippen MR) is 67.4 cm³/mol. The lowest BCUT2D eigenvalue weighted by Gasteiger charge is -2.18. The van der Waals surface area contributed by atoms with Gasteiger partial charge in [0.05, 0.1) is 13.3 Å². The first-order valence-corrected chi connectivity index (χ1v) is 6.68. The molecular weight excluding hydrogens is 272 g/mol. The normalized spacial score (nSPS) is 11.3. The van der Waals surface area contributed by atoms with E-state index >= 15 is 0 Å². The van der Waals surface area contributed by atoms with Gasteiger partial charge < -0.3 is 9.84 Å². The Morgan fingerprint density at radius 3 is 2.68 bits per heavy atom. The van der Waals surface area contributed by atoms with E-state index in [0.717, 1.165) is 10.5 Å². The van der Waals surface area contributed by atoms with Crippen molar-refractivity contribution < 1.29 is 23.1 Å². The fourth-order valence-electron chi connectivity index (χ4n) is 1.33. The molecule has 19 heavy (non-hydrogen) atoms. The third-order valence-corrected chi connectivity index (χ3v) is 4.00. The third-order valence-electron chi connectivity index (χ3n) is 2.20. The van der Waals surface area contributed by atoms with Crippen molar-refractivity contribution in [1.29, 1.82) is 0 Å². The summed E-state index contributed by atoms with van der Waals surface area (Å²) in [6, 6.07) is 2.69. The number of carbonyl (C=O) groups is 1. The minimum atomic E-state index is -3.92. The zero-order valence-corrected chi connectivity index (χ0v) is 11.1. The fourth-order valence-corrected chi connectivity index (χ4v) is 2.64. The Labute approximate surface area is 111 Å². The molecule has 7 nitrogen and oxygen atoms in total. The van der Waals surface area contributed by atoms with E-state index < -0.39 is 22.5 Å². The Kier molecular flexibility index (Phi) is 5.02. The smallest absolute Gasteiger partial charge is 0.318 e. The van der Waals surface area contributed by atoms with Crippen LogP contribution in [0.25, 0.3) is 0 Å². The number of methoxy groups -OCH3 is 1. The van der Waals surface area contributed by atoms with Gasteiger partial charge in [-0.15, -0.1) is 6.58 Å². The molecule has 0 atom stereocenters. The Morgan fingerprint density at radius 1 is 1.58 bits per heavy atom. The lowest BCUT2D eigenvalue weighted by molar-refractivity contribution is -0.137. The number of carboxylic acid groups (broad SMARTS) is 1. The van der Waals surface area contributed by atoms with Crippen molar-refractivity contribution in [3.8, 4) is 5.88 Å². The number of pyridine rings is 1. The van der Waals surface area contributed by atoms with Gasteiger partial charge in [-0.1, -0.05) is 6.08 Å². The number of nitrogens with zero attached hydrogens (tertiary/aromatic N) is 2. The summed E-state index contributed by atoms with van der Waals surface area (Å²) < 4.78 is 30.0. The maximum atomic E-state index is 12.2. The zero-order valence-electron chi connectivity index (χ0n) is 10.3. The van der Waals surface area contributed by atoms with Crippen LogP contribution in [0.15, 0.2) is 35.9 Å². The monoisotopic (exact) mass is 286 g/mol. The van der Waals surface area contributed by atoms with E-state index in [4.69, 9.17) is 9.84 Å². The highest BCUT2D eigenvalue weighted by molar-refractivity contribution is 7.89. The minimum absolute atomic E-state index is 0.0966. The number of carboxylic acids is 1. The first-order valence-electron chi connectivity index (χ1n) is 5.24. The molecule has 1 aromatic rings. The van der Waals surface area contributed by atoms with Gasteiger partial charge >= 0.3 is 5.97 Å². The minimum Gasteiger partial charge on any atom is -0.481 e. The lowest BCUT2D eigenvalue weighted by atomic mass is 10.5. The van der Waals surface area contributed by atoms with Crippen molar-refractivity contribution in [3.63, 3.8) is 0 Å². The largest absolute Gasteiger partial charge is 0.481 e. The highest BCUT2D eigenvalue weighted by atomic mass is 32.2. The van der Waals surface area contributed by atoms with Gasteiger partial charge in [-0.05, 0) is 6.07 Å². The molecule has 0 spiro atoms. The van der Waals surface area contributed by atoms with Gasteiger partial charge in [-0.25, -0.2) is 13.4 Å². The molecule has 1 N–H and O–H groups in total. The molecule has 1 rings (SSSR count). The summed E-state index contributed by atoms with van der Waals surface area (Å²) in [6.45, 7) is 2.67. The Bertz CT molecular complexity index is 553. The van der Waals surface area contributed by atoms with Gasteiger partial charge in [0.1, 0.15) is 11.4 Å². The van der Waals surface area contributed by atoms with Crippen LogP contribution < -0.4 is 4.74 Å². The average molecular weight is 286 g/mol. The number of hydrogen-bond acceptors (Lipinski definition) is 5. The summed E-state index contributed by atoms with van der Waals surface area (Å²) >= 11 is 0. The summed E-state index contributed by atoms with van der Waals surface area (Å²) in [6.07, 6.45) is 2.43. The number of aliphatic carboxylic acids is 1. The summed E-state index contributed by atoms with van der Waals surface area (Å²) in [5.41, 5.74) is 0. The van der Waals surface area contributed by atoms with E-state index in [2.05, 4.69) is 11.6 Å².